The SMILES string of the molecule is CNC(=O)c1ccn([C@H]2CCCN(Cc3cnc(Cl)s3)C2)n1. The Balaban J connectivity index is 1.65. The van der Waals surface area contributed by atoms with Crippen LogP contribution in [0.4, 0.5) is 0 Å². The lowest BCUT2D eigenvalue weighted by atomic mass is 10.1. The molecule has 118 valence electrons. The number of nitrogens with one attached hydrogen (secondary N) is 1. The first-order chi connectivity index (χ1) is 10.7. The predicted molar refractivity (Wildman–Crippen MR) is 86.3 cm³/mol. The molecule has 1 N–H and O–H groups in total. The van der Waals surface area contributed by atoms with Gasteiger partial charge in [0.2, 0.25) is 0 Å². The molecule has 1 fully saturated rings. The van der Waals surface area contributed by atoms with Gasteiger partial charge in [-0.1, -0.05) is 11.6 Å². The van der Waals surface area contributed by atoms with Gasteiger partial charge in [-0.2, -0.15) is 5.10 Å². The van der Waals surface area contributed by atoms with Crippen molar-refractivity contribution in [1.82, 2.24) is 25.0 Å². The van der Waals surface area contributed by atoms with Crippen molar-refractivity contribution in [3.8, 4) is 0 Å². The molecule has 1 saturated heterocycles. The van der Waals surface area contributed by atoms with Gasteiger partial charge in [0.05, 0.1) is 6.04 Å². The second-order valence-electron chi connectivity index (χ2n) is 5.37. The molecule has 3 heterocycles. The minimum absolute atomic E-state index is 0.147. The van der Waals surface area contributed by atoms with Crippen molar-refractivity contribution < 1.29 is 4.79 Å². The van der Waals surface area contributed by atoms with E-state index in [1.807, 2.05) is 17.1 Å². The first kappa shape index (κ1) is 15.5. The van der Waals surface area contributed by atoms with Crippen molar-refractivity contribution in [2.45, 2.75) is 25.4 Å². The van der Waals surface area contributed by atoms with E-state index in [4.69, 9.17) is 11.6 Å². The van der Waals surface area contributed by atoms with Gasteiger partial charge in [0, 0.05) is 37.4 Å². The number of hydrogen-bond donors (Lipinski definition) is 1. The maximum atomic E-state index is 11.6. The lowest BCUT2D eigenvalue weighted by molar-refractivity contribution is 0.0955. The number of rotatable bonds is 4. The normalized spacial score (nSPS) is 19.3. The Morgan fingerprint density at radius 3 is 3.18 bits per heavy atom. The number of likely N-dealkylation sites (tertiary alicyclic amines) is 1. The fourth-order valence-electron chi connectivity index (χ4n) is 2.76. The summed E-state index contributed by atoms with van der Waals surface area (Å²) in [5.41, 5.74) is 0.467. The van der Waals surface area contributed by atoms with Gasteiger partial charge in [-0.25, -0.2) is 4.98 Å². The molecule has 2 aromatic heterocycles. The molecule has 0 bridgehead atoms. The summed E-state index contributed by atoms with van der Waals surface area (Å²) in [6.45, 7) is 2.85. The molecule has 0 saturated carbocycles. The van der Waals surface area contributed by atoms with Gasteiger partial charge in [0.25, 0.3) is 5.91 Å². The average molecular weight is 340 g/mol. The maximum Gasteiger partial charge on any atom is 0.271 e. The minimum atomic E-state index is -0.147. The summed E-state index contributed by atoms with van der Waals surface area (Å²) in [5, 5.41) is 7.00. The summed E-state index contributed by atoms with van der Waals surface area (Å²) < 4.78 is 2.50. The first-order valence-electron chi connectivity index (χ1n) is 7.25. The van der Waals surface area contributed by atoms with Crippen LogP contribution in [0.3, 0.4) is 0 Å². The van der Waals surface area contributed by atoms with Gasteiger partial charge in [-0.15, -0.1) is 11.3 Å². The molecule has 8 heteroatoms. The van der Waals surface area contributed by atoms with Crippen molar-refractivity contribution in [2.24, 2.45) is 0 Å². The number of carbonyl (C=O) groups is 1. The van der Waals surface area contributed by atoms with Crippen LogP contribution in [0.2, 0.25) is 4.47 Å². The van der Waals surface area contributed by atoms with Crippen molar-refractivity contribution in [1.29, 1.82) is 0 Å². The van der Waals surface area contributed by atoms with Gasteiger partial charge in [0.15, 0.2) is 4.47 Å². The maximum absolute atomic E-state index is 11.6. The van der Waals surface area contributed by atoms with E-state index in [1.54, 1.807) is 13.1 Å². The molecule has 1 aliphatic rings. The van der Waals surface area contributed by atoms with E-state index < -0.39 is 0 Å². The fraction of sp³-hybridized carbons (Fsp3) is 0.500. The van der Waals surface area contributed by atoms with Crippen LogP contribution in [0.1, 0.15) is 34.2 Å². The second kappa shape index (κ2) is 6.76. The van der Waals surface area contributed by atoms with Crippen molar-refractivity contribution in [3.63, 3.8) is 0 Å². The second-order valence-corrected chi connectivity index (χ2v) is 7.07. The summed E-state index contributed by atoms with van der Waals surface area (Å²) in [6, 6.07) is 2.07. The smallest absolute Gasteiger partial charge is 0.271 e. The highest BCUT2D eigenvalue weighted by molar-refractivity contribution is 7.15. The van der Waals surface area contributed by atoms with Gasteiger partial charge in [-0.05, 0) is 25.5 Å². The Labute approximate surface area is 138 Å². The first-order valence-corrected chi connectivity index (χ1v) is 8.45. The summed E-state index contributed by atoms with van der Waals surface area (Å²) in [4.78, 5) is 19.3. The standard InChI is InChI=1S/C14H18ClN5OS/c1-16-13(21)12-4-6-20(18-12)10-3-2-5-19(8-10)9-11-7-17-14(15)22-11/h4,6-7,10H,2-3,5,8-9H2,1H3,(H,16,21)/t10-/m0/s1. The molecule has 22 heavy (non-hydrogen) atoms. The van der Waals surface area contributed by atoms with Crippen LogP contribution in [0.25, 0.3) is 0 Å². The summed E-state index contributed by atoms with van der Waals surface area (Å²) in [7, 11) is 1.61. The van der Waals surface area contributed by atoms with Crippen LogP contribution in [0.15, 0.2) is 18.5 Å². The van der Waals surface area contributed by atoms with E-state index >= 15 is 0 Å². The average Bonchev–Trinajstić information content (AvgIpc) is 3.16. The third-order valence-electron chi connectivity index (χ3n) is 3.83. The quantitative estimate of drug-likeness (QED) is 0.927. The summed E-state index contributed by atoms with van der Waals surface area (Å²) >= 11 is 7.41. The highest BCUT2D eigenvalue weighted by Gasteiger charge is 2.23. The van der Waals surface area contributed by atoms with Crippen molar-refractivity contribution in [2.75, 3.05) is 20.1 Å². The van der Waals surface area contributed by atoms with Crippen LogP contribution in [0.5, 0.6) is 0 Å². The molecule has 6 nitrogen and oxygen atoms in total. The number of hydrogen-bond acceptors (Lipinski definition) is 5. The zero-order chi connectivity index (χ0) is 15.5. The Bertz CT molecular complexity index is 655. The Morgan fingerprint density at radius 1 is 1.59 bits per heavy atom. The zero-order valence-corrected chi connectivity index (χ0v) is 13.9. The molecule has 2 aromatic rings. The molecule has 0 aromatic carbocycles. The topological polar surface area (TPSA) is 63.1 Å². The zero-order valence-electron chi connectivity index (χ0n) is 12.3. The predicted octanol–water partition coefficient (Wildman–Crippen LogP) is 2.19. The van der Waals surface area contributed by atoms with Gasteiger partial charge >= 0.3 is 0 Å². The number of aromatic nitrogens is 3. The van der Waals surface area contributed by atoms with E-state index in [9.17, 15) is 4.79 Å². The highest BCUT2D eigenvalue weighted by atomic mass is 35.5. The van der Waals surface area contributed by atoms with Crippen LogP contribution in [-0.2, 0) is 6.54 Å². The molecular weight excluding hydrogens is 322 g/mol. The third kappa shape index (κ3) is 3.48. The van der Waals surface area contributed by atoms with Crippen LogP contribution < -0.4 is 5.32 Å². The largest absolute Gasteiger partial charge is 0.354 e. The number of halogens is 1. The van der Waals surface area contributed by atoms with E-state index in [0.29, 0.717) is 16.2 Å². The van der Waals surface area contributed by atoms with E-state index in [2.05, 4.69) is 20.3 Å². The molecule has 1 aliphatic heterocycles. The molecule has 1 atom stereocenters. The summed E-state index contributed by atoms with van der Waals surface area (Å²) in [5.74, 6) is -0.147. The van der Waals surface area contributed by atoms with E-state index in [1.165, 1.54) is 16.2 Å². The molecule has 3 rings (SSSR count). The monoisotopic (exact) mass is 339 g/mol. The number of piperidine rings is 1. The molecule has 1 amide bonds. The van der Waals surface area contributed by atoms with Crippen LogP contribution in [0, 0.1) is 0 Å². The number of thiazole rings is 1. The van der Waals surface area contributed by atoms with Crippen molar-refractivity contribution in [3.05, 3.63) is 33.5 Å². The molecule has 0 aliphatic carbocycles. The van der Waals surface area contributed by atoms with E-state index in [0.717, 1.165) is 32.5 Å². The fourth-order valence-corrected chi connectivity index (χ4v) is 3.78. The molecular formula is C14H18ClN5OS. The van der Waals surface area contributed by atoms with Gasteiger partial charge < -0.3 is 5.32 Å². The minimum Gasteiger partial charge on any atom is -0.354 e. The highest BCUT2D eigenvalue weighted by Crippen LogP contribution is 2.25. The Morgan fingerprint density at radius 2 is 2.45 bits per heavy atom. The number of nitrogens with zero attached hydrogens (tertiary/aromatic N) is 4. The summed E-state index contributed by atoms with van der Waals surface area (Å²) in [6.07, 6.45) is 5.93. The number of carbonyl (C=O) groups excluding carboxylic acids is 1. The molecule has 0 unspecified atom stereocenters. The van der Waals surface area contributed by atoms with E-state index in [-0.39, 0.29) is 5.91 Å². The lowest BCUT2D eigenvalue weighted by Gasteiger charge is -2.32. The Kier molecular flexibility index (Phi) is 4.75. The number of amides is 1. The van der Waals surface area contributed by atoms with Gasteiger partial charge in [-0.3, -0.25) is 14.4 Å². The third-order valence-corrected chi connectivity index (χ3v) is 4.93. The van der Waals surface area contributed by atoms with Crippen LogP contribution >= 0.6 is 22.9 Å². The van der Waals surface area contributed by atoms with Crippen LogP contribution in [-0.4, -0.2) is 45.7 Å². The van der Waals surface area contributed by atoms with Crippen molar-refractivity contribution >= 4 is 28.8 Å². The lowest BCUT2D eigenvalue weighted by Crippen LogP contribution is -2.36. The van der Waals surface area contributed by atoms with Gasteiger partial charge in [0.1, 0.15) is 5.69 Å². The molecule has 0 spiro atoms. The Hall–Kier alpha value is -1.44. The molecule has 0 radical (unpaired) electrons.